The minimum absolute atomic E-state index is 0.302. The van der Waals surface area contributed by atoms with Crippen LogP contribution in [-0.2, 0) is 0 Å². The monoisotopic (exact) mass is 189 g/mol. The zero-order valence-corrected chi connectivity index (χ0v) is 7.62. The first-order valence-corrected chi connectivity index (χ1v) is 4.71. The van der Waals surface area contributed by atoms with Crippen molar-refractivity contribution >= 4 is 11.0 Å². The number of hydrazine groups is 1. The number of hydrogen-bond donors (Lipinski definition) is 3. The number of nitrogens with zero attached hydrogens (tertiary/aromatic N) is 2. The number of H-pyrrole nitrogens is 1. The van der Waals surface area contributed by atoms with Gasteiger partial charge in [0.25, 0.3) is 0 Å². The van der Waals surface area contributed by atoms with E-state index in [1.54, 1.807) is 6.33 Å². The van der Waals surface area contributed by atoms with Crippen molar-refractivity contribution in [3.8, 4) is 0 Å². The Morgan fingerprint density at radius 2 is 2.36 bits per heavy atom. The minimum atomic E-state index is 0.302. The molecule has 2 aromatic heterocycles. The Balaban J connectivity index is 2.14. The van der Waals surface area contributed by atoms with Gasteiger partial charge < -0.3 is 4.98 Å². The van der Waals surface area contributed by atoms with E-state index in [-0.39, 0.29) is 0 Å². The summed E-state index contributed by atoms with van der Waals surface area (Å²) in [4.78, 5) is 11.6. The Labute approximate surface area is 80.9 Å². The summed E-state index contributed by atoms with van der Waals surface area (Å²) in [7, 11) is 0. The van der Waals surface area contributed by atoms with Crippen LogP contribution >= 0.6 is 0 Å². The molecule has 0 aliphatic carbocycles. The summed E-state index contributed by atoms with van der Waals surface area (Å²) in [5.74, 6) is 0. The molecule has 1 atom stereocenters. The summed E-state index contributed by atoms with van der Waals surface area (Å²) in [6.45, 7) is 0.987. The maximum absolute atomic E-state index is 4.33. The molecule has 2 aromatic rings. The molecular formula is C9H11N5. The normalized spacial score (nSPS) is 21.9. The zero-order chi connectivity index (χ0) is 9.38. The van der Waals surface area contributed by atoms with Gasteiger partial charge in [-0.2, -0.15) is 0 Å². The van der Waals surface area contributed by atoms with Crippen LogP contribution in [0.2, 0.25) is 0 Å². The Hall–Kier alpha value is -1.46. The lowest BCUT2D eigenvalue weighted by atomic mass is 10.1. The van der Waals surface area contributed by atoms with Crippen molar-refractivity contribution in [3.63, 3.8) is 0 Å². The predicted octanol–water partition coefficient (Wildman–Crippen LogP) is 0.497. The molecule has 0 spiro atoms. The zero-order valence-electron chi connectivity index (χ0n) is 7.62. The number of hydrogen-bond acceptors (Lipinski definition) is 4. The third-order valence-corrected chi connectivity index (χ3v) is 2.55. The molecular weight excluding hydrogens is 178 g/mol. The van der Waals surface area contributed by atoms with Gasteiger partial charge in [-0.15, -0.1) is 0 Å². The number of nitrogens with one attached hydrogen (secondary N) is 3. The van der Waals surface area contributed by atoms with Gasteiger partial charge >= 0.3 is 0 Å². The van der Waals surface area contributed by atoms with Crippen LogP contribution in [0.5, 0.6) is 0 Å². The summed E-state index contributed by atoms with van der Waals surface area (Å²) in [5.41, 5.74) is 8.28. The van der Waals surface area contributed by atoms with Crippen molar-refractivity contribution < 1.29 is 0 Å². The lowest BCUT2D eigenvalue weighted by Crippen LogP contribution is -2.25. The molecule has 3 rings (SSSR count). The average Bonchev–Trinajstić information content (AvgIpc) is 2.88. The third-order valence-electron chi connectivity index (χ3n) is 2.55. The summed E-state index contributed by atoms with van der Waals surface area (Å²) >= 11 is 0. The summed E-state index contributed by atoms with van der Waals surface area (Å²) in [6.07, 6.45) is 4.57. The van der Waals surface area contributed by atoms with Gasteiger partial charge in [-0.05, 0) is 12.5 Å². The van der Waals surface area contributed by atoms with Gasteiger partial charge in [-0.1, -0.05) is 0 Å². The van der Waals surface area contributed by atoms with E-state index in [2.05, 4.69) is 25.8 Å². The fourth-order valence-electron chi connectivity index (χ4n) is 1.86. The highest BCUT2D eigenvalue weighted by Crippen LogP contribution is 2.23. The van der Waals surface area contributed by atoms with Crippen LogP contribution < -0.4 is 10.9 Å². The maximum atomic E-state index is 4.33. The second-order valence-electron chi connectivity index (χ2n) is 3.41. The highest BCUT2D eigenvalue weighted by atomic mass is 15.4. The van der Waals surface area contributed by atoms with E-state index in [1.165, 1.54) is 0 Å². The first kappa shape index (κ1) is 7.90. The minimum Gasteiger partial charge on any atom is -0.346 e. The van der Waals surface area contributed by atoms with Gasteiger partial charge in [0.1, 0.15) is 12.0 Å². The number of rotatable bonds is 1. The fraction of sp³-hybridized carbons (Fsp3) is 0.333. The lowest BCUT2D eigenvalue weighted by molar-refractivity contribution is 0.572. The van der Waals surface area contributed by atoms with Crippen molar-refractivity contribution in [3.05, 3.63) is 24.3 Å². The molecule has 14 heavy (non-hydrogen) atoms. The molecule has 0 bridgehead atoms. The van der Waals surface area contributed by atoms with Gasteiger partial charge in [-0.3, -0.25) is 5.43 Å². The van der Waals surface area contributed by atoms with Crippen molar-refractivity contribution in [2.45, 2.75) is 12.5 Å². The van der Waals surface area contributed by atoms with Gasteiger partial charge in [0.15, 0.2) is 0 Å². The summed E-state index contributed by atoms with van der Waals surface area (Å²) < 4.78 is 0. The van der Waals surface area contributed by atoms with Crippen molar-refractivity contribution in [2.75, 3.05) is 6.54 Å². The Bertz CT molecular complexity index is 443. The fourth-order valence-corrected chi connectivity index (χ4v) is 1.86. The van der Waals surface area contributed by atoms with E-state index in [1.807, 2.05) is 12.3 Å². The molecule has 1 aliphatic rings. The van der Waals surface area contributed by atoms with Crippen LogP contribution in [0.1, 0.15) is 18.2 Å². The molecule has 1 saturated heterocycles. The van der Waals surface area contributed by atoms with Crippen LogP contribution in [0, 0.1) is 0 Å². The maximum Gasteiger partial charge on any atom is 0.141 e. The molecule has 0 amide bonds. The molecule has 72 valence electrons. The molecule has 5 heteroatoms. The average molecular weight is 189 g/mol. The van der Waals surface area contributed by atoms with Crippen LogP contribution in [0.15, 0.2) is 18.6 Å². The molecule has 5 nitrogen and oxygen atoms in total. The number of fused-ring (bicyclic) bond motifs is 1. The quantitative estimate of drug-likeness (QED) is 0.611. The molecule has 0 aromatic carbocycles. The third kappa shape index (κ3) is 1.10. The number of aromatic nitrogens is 3. The smallest absolute Gasteiger partial charge is 0.141 e. The Kier molecular flexibility index (Phi) is 1.71. The van der Waals surface area contributed by atoms with Crippen molar-refractivity contribution in [1.29, 1.82) is 0 Å². The van der Waals surface area contributed by atoms with Crippen LogP contribution in [0.4, 0.5) is 0 Å². The highest BCUT2D eigenvalue weighted by Gasteiger charge is 2.19. The van der Waals surface area contributed by atoms with E-state index >= 15 is 0 Å². The van der Waals surface area contributed by atoms with Gasteiger partial charge in [0, 0.05) is 18.1 Å². The number of aromatic amines is 1. The van der Waals surface area contributed by atoms with Crippen molar-refractivity contribution in [1.82, 2.24) is 25.8 Å². The van der Waals surface area contributed by atoms with Gasteiger partial charge in [-0.25, -0.2) is 15.4 Å². The standard InChI is InChI=1S/C9H11N5/c1-3-10-9-6(1)8(11-5-12-9)7-2-4-13-14-7/h1,3,5,7,13-14H,2,4H2,(H,10,11,12). The Morgan fingerprint density at radius 3 is 3.21 bits per heavy atom. The largest absolute Gasteiger partial charge is 0.346 e. The Morgan fingerprint density at radius 1 is 1.36 bits per heavy atom. The predicted molar refractivity (Wildman–Crippen MR) is 52.4 cm³/mol. The van der Waals surface area contributed by atoms with Crippen molar-refractivity contribution in [2.24, 2.45) is 0 Å². The molecule has 0 saturated carbocycles. The van der Waals surface area contributed by atoms with E-state index in [0.29, 0.717) is 6.04 Å². The molecule has 3 heterocycles. The lowest BCUT2D eigenvalue weighted by Gasteiger charge is -2.08. The van der Waals surface area contributed by atoms with Crippen LogP contribution in [0.3, 0.4) is 0 Å². The summed E-state index contributed by atoms with van der Waals surface area (Å²) in [5, 5.41) is 1.11. The van der Waals surface area contributed by atoms with Crippen LogP contribution in [0.25, 0.3) is 11.0 Å². The van der Waals surface area contributed by atoms with Crippen LogP contribution in [-0.4, -0.2) is 21.5 Å². The molecule has 1 aliphatic heterocycles. The molecule has 1 fully saturated rings. The van der Waals surface area contributed by atoms with E-state index < -0.39 is 0 Å². The summed E-state index contributed by atoms with van der Waals surface area (Å²) in [6, 6.07) is 2.32. The topological polar surface area (TPSA) is 65.6 Å². The highest BCUT2D eigenvalue weighted by molar-refractivity contribution is 5.78. The van der Waals surface area contributed by atoms with Gasteiger partial charge in [0.2, 0.25) is 0 Å². The molecule has 0 radical (unpaired) electrons. The SMILES string of the molecule is c1nc(C2CCNN2)c2cc[nH]c2n1. The van der Waals surface area contributed by atoms with E-state index in [4.69, 9.17) is 0 Å². The first-order valence-electron chi connectivity index (χ1n) is 4.71. The second kappa shape index (κ2) is 3.04. The van der Waals surface area contributed by atoms with E-state index in [9.17, 15) is 0 Å². The van der Waals surface area contributed by atoms with Gasteiger partial charge in [0.05, 0.1) is 11.7 Å². The first-order chi connectivity index (χ1) is 6.95. The molecule has 3 N–H and O–H groups in total. The van der Waals surface area contributed by atoms with E-state index in [0.717, 1.165) is 29.7 Å². The molecule has 1 unspecified atom stereocenters. The second-order valence-corrected chi connectivity index (χ2v) is 3.41.